The maximum atomic E-state index is 12.2. The molecule has 19 heavy (non-hydrogen) atoms. The Morgan fingerprint density at radius 2 is 1.84 bits per heavy atom. The lowest BCUT2D eigenvalue weighted by Gasteiger charge is -2.23. The van der Waals surface area contributed by atoms with Gasteiger partial charge in [-0.15, -0.1) is 0 Å². The lowest BCUT2D eigenvalue weighted by Crippen LogP contribution is -2.40. The summed E-state index contributed by atoms with van der Waals surface area (Å²) in [7, 11) is 0. The van der Waals surface area contributed by atoms with E-state index >= 15 is 0 Å². The molecular formula is C13H23NO5. The van der Waals surface area contributed by atoms with Gasteiger partial charge in [-0.25, -0.2) is 0 Å². The van der Waals surface area contributed by atoms with Crippen molar-refractivity contribution in [2.24, 2.45) is 0 Å². The first-order chi connectivity index (χ1) is 8.37. The number of Topliss-reactive ketones (excluding diaryl/α,β-unsaturated/α-hetero) is 1. The van der Waals surface area contributed by atoms with Crippen molar-refractivity contribution in [2.75, 3.05) is 0 Å². The highest BCUT2D eigenvalue weighted by molar-refractivity contribution is 5.84. The van der Waals surface area contributed by atoms with Gasteiger partial charge < -0.3 is 9.47 Å². The molecule has 1 unspecified atom stereocenters. The van der Waals surface area contributed by atoms with Crippen LogP contribution in [0.25, 0.3) is 0 Å². The molecule has 0 saturated carbocycles. The van der Waals surface area contributed by atoms with E-state index in [1.807, 2.05) is 0 Å². The minimum atomic E-state index is -1.10. The molecule has 1 rings (SSSR count). The third-order valence-corrected chi connectivity index (χ3v) is 3.31. The van der Waals surface area contributed by atoms with Gasteiger partial charge >= 0.3 is 0 Å². The molecule has 0 amide bonds. The molecular weight excluding hydrogens is 250 g/mol. The summed E-state index contributed by atoms with van der Waals surface area (Å²) in [5, 5.41) is 10.8. The number of ketones is 1. The zero-order valence-corrected chi connectivity index (χ0v) is 12.5. The number of rotatable bonds is 5. The summed E-state index contributed by atoms with van der Waals surface area (Å²) in [5.41, 5.74) is -1.81. The van der Waals surface area contributed by atoms with Gasteiger partial charge in [0.05, 0.1) is 5.60 Å². The predicted molar refractivity (Wildman–Crippen MR) is 69.4 cm³/mol. The number of hydrogen-bond donors (Lipinski definition) is 0. The molecule has 1 aliphatic heterocycles. The van der Waals surface area contributed by atoms with Gasteiger partial charge in [-0.05, 0) is 27.7 Å². The Morgan fingerprint density at radius 1 is 1.32 bits per heavy atom. The van der Waals surface area contributed by atoms with E-state index in [1.54, 1.807) is 27.7 Å². The highest BCUT2D eigenvalue weighted by Gasteiger charge is 2.50. The number of carbonyl (C=O) groups excluding carboxylic acids is 1. The summed E-state index contributed by atoms with van der Waals surface area (Å²) in [6.07, 6.45) is -0.374. The number of carbonyl (C=O) groups is 1. The quantitative estimate of drug-likeness (QED) is 0.567. The minimum Gasteiger partial charge on any atom is -0.341 e. The van der Waals surface area contributed by atoms with Crippen LogP contribution in [0.2, 0.25) is 0 Å². The molecule has 0 spiro atoms. The molecule has 1 saturated heterocycles. The Kier molecular flexibility index (Phi) is 4.08. The molecule has 6 nitrogen and oxygen atoms in total. The lowest BCUT2D eigenvalue weighted by molar-refractivity contribution is -0.561. The highest BCUT2D eigenvalue weighted by atomic mass is 16.8. The van der Waals surface area contributed by atoms with Gasteiger partial charge in [-0.3, -0.25) is 14.9 Å². The molecule has 0 aromatic carbocycles. The van der Waals surface area contributed by atoms with Crippen molar-refractivity contribution in [1.82, 2.24) is 0 Å². The summed E-state index contributed by atoms with van der Waals surface area (Å²) >= 11 is 0. The Balaban J connectivity index is 2.67. The predicted octanol–water partition coefficient (Wildman–Crippen LogP) is 2.32. The second-order valence-corrected chi connectivity index (χ2v) is 6.64. The van der Waals surface area contributed by atoms with Crippen LogP contribution >= 0.6 is 0 Å². The summed E-state index contributed by atoms with van der Waals surface area (Å²) in [4.78, 5) is 22.7. The van der Waals surface area contributed by atoms with Crippen molar-refractivity contribution < 1.29 is 19.2 Å². The van der Waals surface area contributed by atoms with E-state index in [2.05, 4.69) is 0 Å². The smallest absolute Gasteiger partial charge is 0.217 e. The van der Waals surface area contributed by atoms with Gasteiger partial charge in [-0.2, -0.15) is 0 Å². The standard InChI is InChI=1S/C13H23NO5/c1-11(2,14(16)17)8-7-9(15)10-12(3,4)19-13(5,6)18-10/h10H,7-8H2,1-6H3. The van der Waals surface area contributed by atoms with Crippen LogP contribution < -0.4 is 0 Å². The maximum Gasteiger partial charge on any atom is 0.217 e. The SMILES string of the molecule is CC1(C)OC(C(=O)CCC(C)(C)[N+](=O)[O-])C(C)(C)O1. The number of nitro groups is 1. The van der Waals surface area contributed by atoms with Crippen molar-refractivity contribution >= 4 is 5.78 Å². The van der Waals surface area contributed by atoms with Crippen molar-refractivity contribution in [1.29, 1.82) is 0 Å². The average molecular weight is 273 g/mol. The zero-order chi connectivity index (χ0) is 15.1. The largest absolute Gasteiger partial charge is 0.341 e. The molecule has 6 heteroatoms. The van der Waals surface area contributed by atoms with Gasteiger partial charge in [0, 0.05) is 31.6 Å². The van der Waals surface area contributed by atoms with Crippen LogP contribution in [0.3, 0.4) is 0 Å². The van der Waals surface area contributed by atoms with Crippen LogP contribution in [0.4, 0.5) is 0 Å². The Bertz CT molecular complexity index is 386. The van der Waals surface area contributed by atoms with Gasteiger partial charge in [0.2, 0.25) is 5.54 Å². The van der Waals surface area contributed by atoms with Crippen LogP contribution in [-0.2, 0) is 14.3 Å². The second-order valence-electron chi connectivity index (χ2n) is 6.64. The molecule has 0 aliphatic carbocycles. The summed E-state index contributed by atoms with van der Waals surface area (Å²) in [5.74, 6) is -0.951. The Hall–Kier alpha value is -1.01. The van der Waals surface area contributed by atoms with Crippen LogP contribution in [0.1, 0.15) is 54.4 Å². The fourth-order valence-electron chi connectivity index (χ4n) is 2.24. The molecule has 1 atom stereocenters. The minimum absolute atomic E-state index is 0.113. The van der Waals surface area contributed by atoms with Crippen molar-refractivity contribution in [3.05, 3.63) is 10.1 Å². The van der Waals surface area contributed by atoms with Crippen LogP contribution in [-0.4, -0.2) is 33.7 Å². The first-order valence-corrected chi connectivity index (χ1v) is 6.43. The second kappa shape index (κ2) is 4.83. The maximum absolute atomic E-state index is 12.2. The van der Waals surface area contributed by atoms with Crippen molar-refractivity contribution in [3.63, 3.8) is 0 Å². The molecule has 0 N–H and O–H groups in total. The Morgan fingerprint density at radius 3 is 2.21 bits per heavy atom. The summed E-state index contributed by atoms with van der Waals surface area (Å²) in [6.45, 7) is 10.1. The van der Waals surface area contributed by atoms with E-state index in [0.717, 1.165) is 0 Å². The summed E-state index contributed by atoms with van der Waals surface area (Å²) in [6, 6.07) is 0. The number of ether oxygens (including phenoxy) is 2. The van der Waals surface area contributed by atoms with E-state index in [1.165, 1.54) is 13.8 Å². The van der Waals surface area contributed by atoms with Gasteiger partial charge in [-0.1, -0.05) is 0 Å². The zero-order valence-electron chi connectivity index (χ0n) is 12.5. The van der Waals surface area contributed by atoms with Crippen LogP contribution in [0.5, 0.6) is 0 Å². The van der Waals surface area contributed by atoms with Crippen molar-refractivity contribution in [3.8, 4) is 0 Å². The molecule has 1 heterocycles. The highest BCUT2D eigenvalue weighted by Crippen LogP contribution is 2.37. The monoisotopic (exact) mass is 273 g/mol. The average Bonchev–Trinajstić information content (AvgIpc) is 2.43. The van der Waals surface area contributed by atoms with Crippen LogP contribution in [0.15, 0.2) is 0 Å². The fourth-order valence-corrected chi connectivity index (χ4v) is 2.24. The lowest BCUT2D eigenvalue weighted by atomic mass is 9.91. The third kappa shape index (κ3) is 3.73. The van der Waals surface area contributed by atoms with E-state index in [-0.39, 0.29) is 23.5 Å². The van der Waals surface area contributed by atoms with E-state index < -0.39 is 23.0 Å². The first kappa shape index (κ1) is 16.0. The molecule has 0 radical (unpaired) electrons. The number of nitrogens with zero attached hydrogens (tertiary/aromatic N) is 1. The molecule has 0 aromatic rings. The van der Waals surface area contributed by atoms with Gasteiger partial charge in [0.1, 0.15) is 6.10 Å². The first-order valence-electron chi connectivity index (χ1n) is 6.43. The molecule has 1 fully saturated rings. The molecule has 110 valence electrons. The van der Waals surface area contributed by atoms with E-state index in [0.29, 0.717) is 0 Å². The van der Waals surface area contributed by atoms with Gasteiger partial charge in [0.25, 0.3) is 0 Å². The molecule has 0 bridgehead atoms. The molecule has 1 aliphatic rings. The van der Waals surface area contributed by atoms with E-state index in [9.17, 15) is 14.9 Å². The number of hydrogen-bond acceptors (Lipinski definition) is 5. The van der Waals surface area contributed by atoms with Gasteiger partial charge in [0.15, 0.2) is 11.6 Å². The topological polar surface area (TPSA) is 78.7 Å². The Labute approximate surface area is 113 Å². The van der Waals surface area contributed by atoms with E-state index in [4.69, 9.17) is 9.47 Å². The molecule has 0 aromatic heterocycles. The third-order valence-electron chi connectivity index (χ3n) is 3.31. The van der Waals surface area contributed by atoms with Crippen LogP contribution in [0, 0.1) is 10.1 Å². The summed E-state index contributed by atoms with van der Waals surface area (Å²) < 4.78 is 11.3. The normalized spacial score (nSPS) is 25.3. The van der Waals surface area contributed by atoms with Crippen molar-refractivity contribution in [2.45, 2.75) is 77.4 Å². The fraction of sp³-hybridized carbons (Fsp3) is 0.923.